The molecule has 0 radical (unpaired) electrons. The third kappa shape index (κ3) is 18.1. The molecule has 7 aromatic carbocycles. The Kier molecular flexibility index (Phi) is 22.2. The Balaban J connectivity index is 0.000000170. The number of nitrogens with zero attached hydrogens (tertiary/aromatic N) is 3. The molecule has 0 spiro atoms. The van der Waals surface area contributed by atoms with Gasteiger partial charge in [0.1, 0.15) is 17.7 Å². The van der Waals surface area contributed by atoms with E-state index in [1.807, 2.05) is 68.7 Å². The van der Waals surface area contributed by atoms with Gasteiger partial charge in [-0.3, -0.25) is 9.97 Å². The summed E-state index contributed by atoms with van der Waals surface area (Å²) in [4.78, 5) is 8.85. The van der Waals surface area contributed by atoms with Crippen molar-refractivity contribution in [3.63, 3.8) is 0 Å². The highest BCUT2D eigenvalue weighted by atomic mass is 19.1. The molecule has 2 heterocycles. The lowest BCUT2D eigenvalue weighted by molar-refractivity contribution is 0.622. The highest BCUT2D eigenvalue weighted by Crippen LogP contribution is 2.25. The van der Waals surface area contributed by atoms with Crippen LogP contribution in [0, 0.1) is 23.0 Å². The van der Waals surface area contributed by atoms with Crippen molar-refractivity contribution in [1.29, 1.82) is 5.26 Å². The van der Waals surface area contributed by atoms with E-state index >= 15 is 0 Å². The molecule has 2 aromatic heterocycles. The maximum absolute atomic E-state index is 12.8. The minimum atomic E-state index is -0.443. The first kappa shape index (κ1) is 56.1. The number of benzene rings is 7. The second kappa shape index (κ2) is 28.9. The van der Waals surface area contributed by atoms with Crippen molar-refractivity contribution in [3.05, 3.63) is 264 Å². The zero-order valence-electron chi connectivity index (χ0n) is 44.3. The Morgan fingerprint density at radius 1 is 0.329 bits per heavy atom. The highest BCUT2D eigenvalue weighted by Gasteiger charge is 2.07. The smallest absolute Gasteiger partial charge is 0.140 e. The van der Waals surface area contributed by atoms with Crippen molar-refractivity contribution in [2.75, 3.05) is 0 Å². The molecule has 0 saturated carbocycles. The molecule has 9 rings (SSSR count). The Bertz CT molecular complexity index is 2790. The van der Waals surface area contributed by atoms with Gasteiger partial charge < -0.3 is 0 Å². The standard InChI is InChI=1S/2C15H16.C14H14FN.C14H15N.C10H10FN/c2*1-12(2)13-8-10-15(11-9-13)14-6-4-3-5-7-14;1-10(2)12-5-8-14(16-9-12)11-3-6-13(15)7-4-11;1-11(2)13-8-9-14(15-10-13)12-6-4-3-5-7-12;1-7(2)8-3-4-10(11)9(5-8)6-12/h2*3-12H,1-2H3;3-10H,1-2H3;3-11H,1-2H3;3-5,7H,1-2H3. The molecule has 5 heteroatoms. The summed E-state index contributed by atoms with van der Waals surface area (Å²) in [7, 11) is 0. The second-order valence-electron chi connectivity index (χ2n) is 19.4. The highest BCUT2D eigenvalue weighted by molar-refractivity contribution is 5.65. The van der Waals surface area contributed by atoms with Crippen LogP contribution in [-0.2, 0) is 0 Å². The summed E-state index contributed by atoms with van der Waals surface area (Å²) in [6.07, 6.45) is 3.84. The largest absolute Gasteiger partial charge is 0.256 e. The lowest BCUT2D eigenvalue weighted by Crippen LogP contribution is -1.90. The molecule has 0 amide bonds. The van der Waals surface area contributed by atoms with Gasteiger partial charge in [-0.2, -0.15) is 5.26 Å². The fraction of sp³-hybridized carbons (Fsp3) is 0.221. The summed E-state index contributed by atoms with van der Waals surface area (Å²) < 4.78 is 25.6. The van der Waals surface area contributed by atoms with Gasteiger partial charge in [-0.15, -0.1) is 0 Å². The first-order valence-corrected chi connectivity index (χ1v) is 25.4. The lowest BCUT2D eigenvalue weighted by atomic mass is 9.99. The molecule has 0 bridgehead atoms. The minimum Gasteiger partial charge on any atom is -0.256 e. The molecule has 0 aliphatic rings. The topological polar surface area (TPSA) is 49.6 Å². The van der Waals surface area contributed by atoms with E-state index in [0.717, 1.165) is 22.5 Å². The quantitative estimate of drug-likeness (QED) is 0.145. The SMILES string of the molecule is CC(C)c1ccc(-c2ccc(F)cc2)nc1.CC(C)c1ccc(-c2ccccc2)cc1.CC(C)c1ccc(-c2ccccc2)cc1.CC(C)c1ccc(-c2ccccc2)nc1.CC(C)c1ccc(F)c(C#N)c1. The fourth-order valence-corrected chi connectivity index (χ4v) is 7.43. The molecule has 0 atom stereocenters. The number of halogens is 2. The van der Waals surface area contributed by atoms with E-state index < -0.39 is 5.82 Å². The first-order valence-electron chi connectivity index (χ1n) is 25.4. The molecule has 73 heavy (non-hydrogen) atoms. The predicted octanol–water partition coefficient (Wildman–Crippen LogP) is 19.7. The molecular formula is C68H71F2N3. The maximum atomic E-state index is 12.8. The van der Waals surface area contributed by atoms with Crippen LogP contribution in [0.25, 0.3) is 44.8 Å². The lowest BCUT2D eigenvalue weighted by Gasteiger charge is -2.06. The molecule has 0 aliphatic carbocycles. The molecule has 0 aliphatic heterocycles. The first-order chi connectivity index (χ1) is 35.1. The van der Waals surface area contributed by atoms with Crippen molar-refractivity contribution < 1.29 is 8.78 Å². The van der Waals surface area contributed by atoms with Gasteiger partial charge in [-0.1, -0.05) is 227 Å². The summed E-state index contributed by atoms with van der Waals surface area (Å²) in [6.45, 7) is 21.5. The normalized spacial score (nSPS) is 10.5. The van der Waals surface area contributed by atoms with Crippen LogP contribution in [0.4, 0.5) is 8.78 Å². The predicted molar refractivity (Wildman–Crippen MR) is 305 cm³/mol. The van der Waals surface area contributed by atoms with Crippen molar-refractivity contribution in [2.45, 2.75) is 98.8 Å². The van der Waals surface area contributed by atoms with Crippen molar-refractivity contribution in [2.24, 2.45) is 0 Å². The molecule has 9 aromatic rings. The number of pyridine rings is 2. The molecule has 0 unspecified atom stereocenters. The summed E-state index contributed by atoms with van der Waals surface area (Å²) in [5, 5.41) is 8.53. The van der Waals surface area contributed by atoms with Crippen LogP contribution in [0.3, 0.4) is 0 Å². The summed E-state index contributed by atoms with van der Waals surface area (Å²) in [6, 6.07) is 70.0. The average Bonchev–Trinajstić information content (AvgIpc) is 3.42. The Hall–Kier alpha value is -7.81. The summed E-state index contributed by atoms with van der Waals surface area (Å²) in [5.74, 6) is 1.91. The number of hydrogen-bond acceptors (Lipinski definition) is 3. The van der Waals surface area contributed by atoms with E-state index in [1.165, 1.54) is 68.3 Å². The Morgan fingerprint density at radius 2 is 0.630 bits per heavy atom. The summed E-state index contributed by atoms with van der Waals surface area (Å²) in [5.41, 5.74) is 15.6. The van der Waals surface area contributed by atoms with E-state index in [9.17, 15) is 8.78 Å². The number of rotatable bonds is 9. The van der Waals surface area contributed by atoms with Crippen molar-refractivity contribution in [3.8, 4) is 50.8 Å². The molecule has 3 nitrogen and oxygen atoms in total. The fourth-order valence-electron chi connectivity index (χ4n) is 7.43. The van der Waals surface area contributed by atoms with Crippen LogP contribution >= 0.6 is 0 Å². The molecular weight excluding hydrogens is 897 g/mol. The monoisotopic (exact) mass is 968 g/mol. The maximum Gasteiger partial charge on any atom is 0.140 e. The third-order valence-corrected chi connectivity index (χ3v) is 12.3. The number of aromatic nitrogens is 2. The third-order valence-electron chi connectivity index (χ3n) is 12.3. The Labute approximate surface area is 435 Å². The van der Waals surface area contributed by atoms with Gasteiger partial charge in [-0.05, 0) is 128 Å². The van der Waals surface area contributed by atoms with E-state index in [0.29, 0.717) is 29.6 Å². The number of nitriles is 1. The van der Waals surface area contributed by atoms with Gasteiger partial charge in [0.2, 0.25) is 0 Å². The zero-order chi connectivity index (χ0) is 52.7. The van der Waals surface area contributed by atoms with E-state index in [1.54, 1.807) is 24.3 Å². The van der Waals surface area contributed by atoms with E-state index in [4.69, 9.17) is 5.26 Å². The van der Waals surface area contributed by atoms with Crippen LogP contribution in [0.5, 0.6) is 0 Å². The molecule has 0 N–H and O–H groups in total. The van der Waals surface area contributed by atoms with Crippen molar-refractivity contribution >= 4 is 0 Å². The second-order valence-corrected chi connectivity index (χ2v) is 19.4. The van der Waals surface area contributed by atoms with E-state index in [-0.39, 0.29) is 11.4 Å². The Morgan fingerprint density at radius 3 is 0.959 bits per heavy atom. The van der Waals surface area contributed by atoms with Crippen LogP contribution in [0.2, 0.25) is 0 Å². The van der Waals surface area contributed by atoms with Crippen LogP contribution in [0.15, 0.2) is 219 Å². The van der Waals surface area contributed by atoms with Gasteiger partial charge in [-0.25, -0.2) is 8.78 Å². The van der Waals surface area contributed by atoms with Gasteiger partial charge in [0.15, 0.2) is 0 Å². The molecule has 0 fully saturated rings. The van der Waals surface area contributed by atoms with Gasteiger partial charge in [0.25, 0.3) is 0 Å². The molecule has 372 valence electrons. The molecule has 0 saturated heterocycles. The van der Waals surface area contributed by atoms with Crippen LogP contribution < -0.4 is 0 Å². The average molecular weight is 968 g/mol. The van der Waals surface area contributed by atoms with Gasteiger partial charge >= 0.3 is 0 Å². The van der Waals surface area contributed by atoms with Gasteiger partial charge in [0.05, 0.1) is 17.0 Å². The zero-order valence-corrected chi connectivity index (χ0v) is 44.3. The van der Waals surface area contributed by atoms with Gasteiger partial charge in [0, 0.05) is 23.5 Å². The number of hydrogen-bond donors (Lipinski definition) is 0. The summed E-state index contributed by atoms with van der Waals surface area (Å²) >= 11 is 0. The van der Waals surface area contributed by atoms with Crippen molar-refractivity contribution in [1.82, 2.24) is 9.97 Å². The van der Waals surface area contributed by atoms with Crippen LogP contribution in [-0.4, -0.2) is 9.97 Å². The van der Waals surface area contributed by atoms with Crippen LogP contribution in [0.1, 0.15) is 132 Å². The minimum absolute atomic E-state index is 0.126. The van der Waals surface area contributed by atoms with E-state index in [2.05, 4.69) is 193 Å².